The second kappa shape index (κ2) is 26.7. The first-order valence-corrected chi connectivity index (χ1v) is 28.6. The van der Waals surface area contributed by atoms with E-state index >= 15 is 0 Å². The molecule has 3 aromatic heterocycles. The minimum absolute atomic E-state index is 0.0457. The van der Waals surface area contributed by atoms with Crippen LogP contribution in [0.2, 0.25) is 0 Å². The van der Waals surface area contributed by atoms with E-state index in [1.807, 2.05) is 36.4 Å². The van der Waals surface area contributed by atoms with Gasteiger partial charge in [-0.3, -0.25) is 0 Å². The Hall–Kier alpha value is -8.70. The number of aromatic nitrogens is 3. The van der Waals surface area contributed by atoms with Crippen molar-refractivity contribution in [2.75, 3.05) is 112 Å². The zero-order valence-corrected chi connectivity index (χ0v) is 47.4. The van der Waals surface area contributed by atoms with Crippen molar-refractivity contribution in [2.24, 2.45) is 0 Å². The molecule has 0 aliphatic carbocycles. The molecule has 84 heavy (non-hydrogen) atoms. The molecular formula is C70H68N4O10. The number of hydrogen-bond acceptors (Lipinski definition) is 11. The first-order valence-electron chi connectivity index (χ1n) is 28.6. The van der Waals surface area contributed by atoms with Crippen molar-refractivity contribution in [1.29, 1.82) is 0 Å². The highest BCUT2D eigenvalue weighted by Gasteiger charge is 2.22. The van der Waals surface area contributed by atoms with Crippen LogP contribution in [0.3, 0.4) is 0 Å². The third kappa shape index (κ3) is 11.9. The van der Waals surface area contributed by atoms with E-state index in [1.165, 1.54) is 0 Å². The van der Waals surface area contributed by atoms with Crippen molar-refractivity contribution in [2.45, 2.75) is 0 Å². The van der Waals surface area contributed by atoms with Gasteiger partial charge in [-0.1, -0.05) is 54.6 Å². The second-order valence-electron chi connectivity index (χ2n) is 20.2. The van der Waals surface area contributed by atoms with Gasteiger partial charge in [0.15, 0.2) is 0 Å². The SMILES string of the molecule is COCCOCCOCCOc1ccc(-n2c3ccccc3c3cc(N(c4ccc5c(c4)c4ccccc4n5-c4ccc(OCCO)cc4)c4ccc5c(c4)c4ccccc4n5-c4ccc(OCCOCCOCCOC)cc4)ccc32)cc1. The van der Waals surface area contributed by atoms with Gasteiger partial charge in [0.05, 0.1) is 106 Å². The van der Waals surface area contributed by atoms with Gasteiger partial charge in [0.1, 0.15) is 37.1 Å². The molecule has 0 amide bonds. The fraction of sp³-hybridized carbons (Fsp3) is 0.229. The summed E-state index contributed by atoms with van der Waals surface area (Å²) in [4.78, 5) is 2.39. The molecule has 14 nitrogen and oxygen atoms in total. The third-order valence-corrected chi connectivity index (χ3v) is 15.0. The molecule has 3 heterocycles. The molecule has 0 spiro atoms. The average molecular weight is 1130 g/mol. The number of anilines is 3. The lowest BCUT2D eigenvalue weighted by Crippen LogP contribution is -2.12. The number of benzene rings is 9. The molecule has 12 aromatic rings. The average Bonchev–Trinajstić information content (AvgIpc) is 2.07. The third-order valence-electron chi connectivity index (χ3n) is 15.0. The highest BCUT2D eigenvalue weighted by molar-refractivity contribution is 6.14. The maximum absolute atomic E-state index is 9.41. The highest BCUT2D eigenvalue weighted by Crippen LogP contribution is 2.44. The molecule has 9 aromatic carbocycles. The lowest BCUT2D eigenvalue weighted by molar-refractivity contribution is 0.0180. The molecule has 0 fully saturated rings. The monoisotopic (exact) mass is 1120 g/mol. The summed E-state index contributed by atoms with van der Waals surface area (Å²) in [7, 11) is 3.32. The lowest BCUT2D eigenvalue weighted by atomic mass is 10.1. The Morgan fingerprint density at radius 2 is 0.583 bits per heavy atom. The standard InChI is InChI=1S/C70H68N4O10/c1-76-35-37-78-39-41-80-43-45-83-57-26-17-51(18-27-57)73-66-13-7-4-10-60(66)63-48-54(22-31-69(63)73)71(53-21-30-68-62(47-53)59-9-3-6-12-65(59)72(68)50-15-24-56(25-16-50)82-34-33-75)55-23-32-70-64(49-55)61-11-5-8-14-67(61)74(70)52-19-28-58(29-20-52)84-46-44-81-42-40-79-38-36-77-2/h3-32,47-49,75H,33-46H2,1-2H3. The summed E-state index contributed by atoms with van der Waals surface area (Å²) in [6, 6.07) is 70.9. The van der Waals surface area contributed by atoms with E-state index in [4.69, 9.17) is 42.6 Å². The van der Waals surface area contributed by atoms with Crippen LogP contribution in [0.5, 0.6) is 17.2 Å². The van der Waals surface area contributed by atoms with Crippen molar-refractivity contribution in [1.82, 2.24) is 13.7 Å². The number of rotatable bonds is 29. The van der Waals surface area contributed by atoms with Crippen LogP contribution in [0.25, 0.3) is 82.5 Å². The summed E-state index contributed by atoms with van der Waals surface area (Å²) in [6.07, 6.45) is 0. The quantitative estimate of drug-likeness (QED) is 0.0451. The number of ether oxygens (including phenoxy) is 9. The van der Waals surface area contributed by atoms with Crippen LogP contribution < -0.4 is 19.1 Å². The van der Waals surface area contributed by atoms with Gasteiger partial charge in [-0.25, -0.2) is 0 Å². The Morgan fingerprint density at radius 1 is 0.298 bits per heavy atom. The van der Waals surface area contributed by atoms with Crippen LogP contribution in [-0.2, 0) is 28.4 Å². The molecule has 12 rings (SSSR count). The predicted octanol–water partition coefficient (Wildman–Crippen LogP) is 13.9. The summed E-state index contributed by atoms with van der Waals surface area (Å²) < 4.78 is 57.5. The Balaban J connectivity index is 0.912. The summed E-state index contributed by atoms with van der Waals surface area (Å²) >= 11 is 0. The minimum Gasteiger partial charge on any atom is -0.491 e. The van der Waals surface area contributed by atoms with Crippen LogP contribution in [0.1, 0.15) is 0 Å². The van der Waals surface area contributed by atoms with E-state index in [9.17, 15) is 5.11 Å². The molecule has 0 saturated carbocycles. The Kier molecular flexibility index (Phi) is 17.7. The Morgan fingerprint density at radius 3 is 0.905 bits per heavy atom. The van der Waals surface area contributed by atoms with Crippen LogP contribution in [0.4, 0.5) is 17.1 Å². The maximum atomic E-state index is 9.41. The summed E-state index contributed by atoms with van der Waals surface area (Å²) in [5.74, 6) is 2.26. The smallest absolute Gasteiger partial charge is 0.119 e. The van der Waals surface area contributed by atoms with Crippen molar-refractivity contribution >= 4 is 82.5 Å². The number of aliphatic hydroxyl groups is 1. The summed E-state index contributed by atoms with van der Waals surface area (Å²) in [6.45, 7) is 6.24. The van der Waals surface area contributed by atoms with E-state index in [2.05, 4.69) is 182 Å². The van der Waals surface area contributed by atoms with E-state index in [1.54, 1.807) is 14.2 Å². The largest absolute Gasteiger partial charge is 0.491 e. The van der Waals surface area contributed by atoms with Crippen molar-refractivity contribution in [3.63, 3.8) is 0 Å². The molecule has 0 unspecified atom stereocenters. The number of aliphatic hydroxyl groups excluding tert-OH is 1. The summed E-state index contributed by atoms with van der Waals surface area (Å²) in [5.41, 5.74) is 12.7. The normalized spacial score (nSPS) is 11.8. The number of nitrogens with zero attached hydrogens (tertiary/aromatic N) is 4. The van der Waals surface area contributed by atoms with Gasteiger partial charge in [0.2, 0.25) is 0 Å². The Bertz CT molecular complexity index is 3950. The van der Waals surface area contributed by atoms with Gasteiger partial charge in [-0.2, -0.15) is 0 Å². The second-order valence-corrected chi connectivity index (χ2v) is 20.2. The lowest BCUT2D eigenvalue weighted by Gasteiger charge is -2.26. The first-order chi connectivity index (χ1) is 41.6. The van der Waals surface area contributed by atoms with Crippen molar-refractivity contribution in [3.8, 4) is 34.3 Å². The van der Waals surface area contributed by atoms with Crippen LogP contribution in [0, 0.1) is 0 Å². The van der Waals surface area contributed by atoms with E-state index in [-0.39, 0.29) is 13.2 Å². The zero-order chi connectivity index (χ0) is 57.0. The fourth-order valence-corrected chi connectivity index (χ4v) is 11.2. The molecule has 0 bridgehead atoms. The predicted molar refractivity (Wildman–Crippen MR) is 335 cm³/mol. The summed E-state index contributed by atoms with van der Waals surface area (Å²) in [5, 5.41) is 16.2. The Labute approximate surface area is 487 Å². The highest BCUT2D eigenvalue weighted by atomic mass is 16.6. The number of para-hydroxylation sites is 3. The van der Waals surface area contributed by atoms with Gasteiger partial charge in [0.25, 0.3) is 0 Å². The molecule has 14 heteroatoms. The van der Waals surface area contributed by atoms with Crippen LogP contribution in [0.15, 0.2) is 200 Å². The van der Waals surface area contributed by atoms with E-state index in [0.717, 1.165) is 111 Å². The zero-order valence-electron chi connectivity index (χ0n) is 47.4. The molecule has 0 saturated heterocycles. The van der Waals surface area contributed by atoms with Gasteiger partial charge >= 0.3 is 0 Å². The minimum atomic E-state index is -0.0457. The number of methoxy groups -OCH3 is 2. The molecule has 0 aliphatic heterocycles. The van der Waals surface area contributed by atoms with Gasteiger partial charge in [-0.15, -0.1) is 0 Å². The van der Waals surface area contributed by atoms with Crippen LogP contribution in [-0.4, -0.2) is 126 Å². The van der Waals surface area contributed by atoms with Gasteiger partial charge in [0, 0.05) is 80.7 Å². The van der Waals surface area contributed by atoms with Crippen molar-refractivity contribution < 1.29 is 47.7 Å². The van der Waals surface area contributed by atoms with E-state index < -0.39 is 0 Å². The molecule has 0 radical (unpaired) electrons. The fourth-order valence-electron chi connectivity index (χ4n) is 11.2. The topological polar surface area (TPSA) is 121 Å². The molecular weight excluding hydrogens is 1060 g/mol. The molecule has 0 atom stereocenters. The van der Waals surface area contributed by atoms with E-state index in [0.29, 0.717) is 85.0 Å². The van der Waals surface area contributed by atoms with Gasteiger partial charge < -0.3 is 66.3 Å². The number of fused-ring (bicyclic) bond motifs is 9. The first kappa shape index (κ1) is 55.8. The number of hydrogen-bond donors (Lipinski definition) is 1. The molecule has 0 aliphatic rings. The van der Waals surface area contributed by atoms with Crippen LogP contribution >= 0.6 is 0 Å². The molecule has 1 N–H and O–H groups in total. The molecule has 428 valence electrons. The maximum Gasteiger partial charge on any atom is 0.119 e. The van der Waals surface area contributed by atoms with Crippen molar-refractivity contribution in [3.05, 3.63) is 200 Å². The van der Waals surface area contributed by atoms with Gasteiger partial charge in [-0.05, 0) is 146 Å².